The Bertz CT molecular complexity index is 2200. The number of ether oxygens (including phenoxy) is 1. The third-order valence-electron chi connectivity index (χ3n) is 9.83. The first-order valence-corrected chi connectivity index (χ1v) is 16.7. The van der Waals surface area contributed by atoms with E-state index in [1.54, 1.807) is 36.5 Å². The average molecular weight is 688 g/mol. The molecule has 48 heavy (non-hydrogen) atoms. The van der Waals surface area contributed by atoms with Crippen LogP contribution >= 0.6 is 23.2 Å². The summed E-state index contributed by atoms with van der Waals surface area (Å²) in [6.07, 6.45) is 6.67. The van der Waals surface area contributed by atoms with Crippen molar-refractivity contribution in [1.29, 1.82) is 5.26 Å². The molecule has 13 heteroatoms. The lowest BCUT2D eigenvalue weighted by Crippen LogP contribution is -2.45. The number of amides is 1. The minimum atomic E-state index is -0.608. The number of halogens is 3. The van der Waals surface area contributed by atoms with Crippen molar-refractivity contribution < 1.29 is 13.9 Å². The largest absolute Gasteiger partial charge is 0.474 e. The van der Waals surface area contributed by atoms with Gasteiger partial charge in [0.1, 0.15) is 12.1 Å². The second kappa shape index (κ2) is 12.9. The predicted molar refractivity (Wildman–Crippen MR) is 183 cm³/mol. The van der Waals surface area contributed by atoms with Gasteiger partial charge in [-0.05, 0) is 76.7 Å². The Balaban J connectivity index is 1.41. The fourth-order valence-electron chi connectivity index (χ4n) is 7.32. The predicted octanol–water partition coefficient (Wildman–Crippen LogP) is 6.82. The number of rotatable bonds is 6. The molecule has 2 aliphatic rings. The van der Waals surface area contributed by atoms with E-state index in [4.69, 9.17) is 37.9 Å². The number of benzene rings is 2. The van der Waals surface area contributed by atoms with Crippen LogP contribution in [0.4, 0.5) is 4.39 Å². The number of H-pyrrole nitrogens is 1. The van der Waals surface area contributed by atoms with Crippen LogP contribution in [-0.2, 0) is 4.79 Å². The van der Waals surface area contributed by atoms with Gasteiger partial charge in [0.15, 0.2) is 11.3 Å². The monoisotopic (exact) mass is 686 g/mol. The lowest BCUT2D eigenvalue weighted by atomic mass is 9.93. The van der Waals surface area contributed by atoms with E-state index in [0.717, 1.165) is 19.4 Å². The van der Waals surface area contributed by atoms with Gasteiger partial charge in [0.05, 0.1) is 41.1 Å². The standard InChI is InChI=1S/C35H33Cl2FN8O2/c1-4-6-28(47)45-12-9-21(13-20(45)8-10-39)46-18-40-33-34(46)23-14-26(37)30(29-19(2)25(36)15-27-24(29)16-41-43-27)31(38)32(23)42-35(33)48-17-22-7-5-11-44(22)3/h14-16,18,20-22H,5,7-9,11-13,17H2,1-3H3,(H,41,43)/t20-,21+,22+/m1/s1. The van der Waals surface area contributed by atoms with Crippen LogP contribution < -0.4 is 4.74 Å². The van der Waals surface area contributed by atoms with Gasteiger partial charge < -0.3 is 19.1 Å². The van der Waals surface area contributed by atoms with Gasteiger partial charge in [0.25, 0.3) is 5.91 Å². The summed E-state index contributed by atoms with van der Waals surface area (Å²) in [5.41, 5.74) is 3.25. The SMILES string of the molecule is CC#CC(=O)N1CC[C@H](n2cnc3c(OC[C@@H]4CCCN4C)nc4c(F)c(-c5c(C)c(Cl)cc6[nH]ncc56)c(Cl)cc4c32)C[C@H]1CC#N. The fraction of sp³-hybridized carbons (Fsp3) is 0.400. The van der Waals surface area contributed by atoms with Gasteiger partial charge in [-0.1, -0.05) is 29.1 Å². The van der Waals surface area contributed by atoms with E-state index < -0.39 is 5.82 Å². The quantitative estimate of drug-likeness (QED) is 0.195. The van der Waals surface area contributed by atoms with E-state index in [-0.39, 0.29) is 52.4 Å². The molecule has 2 saturated heterocycles. The summed E-state index contributed by atoms with van der Waals surface area (Å²) in [7, 11) is 2.07. The molecular weight excluding hydrogens is 654 g/mol. The molecule has 3 aromatic heterocycles. The highest BCUT2D eigenvalue weighted by atomic mass is 35.5. The van der Waals surface area contributed by atoms with Crippen molar-refractivity contribution in [3.05, 3.63) is 46.1 Å². The molecule has 0 spiro atoms. The topological polar surface area (TPSA) is 116 Å². The van der Waals surface area contributed by atoms with E-state index in [2.05, 4.69) is 40.1 Å². The molecule has 3 atom stereocenters. The molecule has 0 radical (unpaired) electrons. The normalized spacial score (nSPS) is 19.9. The molecule has 5 aromatic rings. The van der Waals surface area contributed by atoms with Crippen LogP contribution in [0.1, 0.15) is 50.6 Å². The molecule has 2 aromatic carbocycles. The number of pyridine rings is 1. The number of nitrogens with zero attached hydrogens (tertiary/aromatic N) is 7. The third kappa shape index (κ3) is 5.40. The molecule has 10 nitrogen and oxygen atoms in total. The number of fused-ring (bicyclic) bond motifs is 4. The van der Waals surface area contributed by atoms with E-state index in [1.807, 2.05) is 11.5 Å². The summed E-state index contributed by atoms with van der Waals surface area (Å²) in [6, 6.07) is 5.43. The number of imidazole rings is 1. The second-order valence-corrected chi connectivity index (χ2v) is 13.4. The number of nitriles is 1. The average Bonchev–Trinajstić information content (AvgIpc) is 3.82. The van der Waals surface area contributed by atoms with Gasteiger partial charge >= 0.3 is 0 Å². The lowest BCUT2D eigenvalue weighted by molar-refractivity contribution is -0.129. The van der Waals surface area contributed by atoms with E-state index in [0.29, 0.717) is 69.5 Å². The molecular formula is C35H33Cl2FN8O2. The second-order valence-electron chi connectivity index (χ2n) is 12.6. The van der Waals surface area contributed by atoms with Crippen molar-refractivity contribution >= 4 is 61.9 Å². The Kier molecular flexibility index (Phi) is 8.63. The molecule has 0 saturated carbocycles. The minimum Gasteiger partial charge on any atom is -0.474 e. The summed E-state index contributed by atoms with van der Waals surface area (Å²) < 4.78 is 25.5. The number of carbonyl (C=O) groups excluding carboxylic acids is 1. The van der Waals surface area contributed by atoms with Crippen molar-refractivity contribution in [3.63, 3.8) is 0 Å². The van der Waals surface area contributed by atoms with Crippen LogP contribution in [0.5, 0.6) is 5.88 Å². The highest BCUT2D eigenvalue weighted by Gasteiger charge is 2.34. The number of hydrogen-bond acceptors (Lipinski definition) is 7. The summed E-state index contributed by atoms with van der Waals surface area (Å²) in [5.74, 6) is 4.62. The van der Waals surface area contributed by atoms with Gasteiger partial charge in [0.2, 0.25) is 5.88 Å². The molecule has 0 unspecified atom stereocenters. The number of hydrogen-bond donors (Lipinski definition) is 1. The van der Waals surface area contributed by atoms with Crippen molar-refractivity contribution in [3.8, 4) is 34.9 Å². The minimum absolute atomic E-state index is 0.0915. The van der Waals surface area contributed by atoms with E-state index >= 15 is 4.39 Å². The molecule has 0 aliphatic carbocycles. The molecule has 0 bridgehead atoms. The maximum atomic E-state index is 17.1. The first-order chi connectivity index (χ1) is 23.2. The Morgan fingerprint density at radius 2 is 1.98 bits per heavy atom. The van der Waals surface area contributed by atoms with Crippen molar-refractivity contribution in [2.75, 3.05) is 26.7 Å². The van der Waals surface area contributed by atoms with Gasteiger partial charge in [-0.25, -0.2) is 14.4 Å². The summed E-state index contributed by atoms with van der Waals surface area (Å²) in [5, 5.41) is 18.5. The molecule has 7 rings (SSSR count). The Hall–Kier alpha value is -4.42. The van der Waals surface area contributed by atoms with E-state index in [1.165, 1.54) is 0 Å². The molecule has 246 valence electrons. The van der Waals surface area contributed by atoms with Crippen molar-refractivity contribution in [2.24, 2.45) is 0 Å². The number of aromatic amines is 1. The maximum Gasteiger partial charge on any atom is 0.298 e. The third-order valence-corrected chi connectivity index (χ3v) is 10.5. The molecule has 2 aliphatic heterocycles. The van der Waals surface area contributed by atoms with Crippen LogP contribution in [0.15, 0.2) is 24.7 Å². The highest BCUT2D eigenvalue weighted by molar-refractivity contribution is 6.36. The molecule has 1 amide bonds. The van der Waals surface area contributed by atoms with Crippen LogP contribution in [0.25, 0.3) is 44.0 Å². The Labute approximate surface area is 286 Å². The smallest absolute Gasteiger partial charge is 0.298 e. The Morgan fingerprint density at radius 3 is 2.73 bits per heavy atom. The highest BCUT2D eigenvalue weighted by Crippen LogP contribution is 2.45. The van der Waals surface area contributed by atoms with Crippen LogP contribution in [-0.4, -0.2) is 79.3 Å². The molecule has 2 fully saturated rings. The van der Waals surface area contributed by atoms with Crippen LogP contribution in [0.3, 0.4) is 0 Å². The number of piperidine rings is 1. The Morgan fingerprint density at radius 1 is 1.15 bits per heavy atom. The van der Waals surface area contributed by atoms with Gasteiger partial charge in [-0.15, -0.1) is 0 Å². The van der Waals surface area contributed by atoms with Crippen molar-refractivity contribution in [2.45, 2.75) is 64.1 Å². The zero-order chi connectivity index (χ0) is 33.7. The van der Waals surface area contributed by atoms with E-state index in [9.17, 15) is 10.1 Å². The lowest BCUT2D eigenvalue weighted by Gasteiger charge is -2.38. The first kappa shape index (κ1) is 32.1. The van der Waals surface area contributed by atoms with Gasteiger partial charge in [-0.2, -0.15) is 10.4 Å². The number of likely N-dealkylation sites (tertiary alicyclic amines) is 2. The van der Waals surface area contributed by atoms with Crippen LogP contribution in [0.2, 0.25) is 10.0 Å². The number of likely N-dealkylation sites (N-methyl/N-ethyl adjacent to an activating group) is 1. The summed E-state index contributed by atoms with van der Waals surface area (Å²) in [4.78, 5) is 26.2. The zero-order valence-electron chi connectivity index (χ0n) is 26.8. The van der Waals surface area contributed by atoms with Gasteiger partial charge in [-0.3, -0.25) is 9.89 Å². The first-order valence-electron chi connectivity index (χ1n) is 16.0. The van der Waals surface area contributed by atoms with Crippen molar-refractivity contribution in [1.82, 2.24) is 34.5 Å². The number of nitrogens with one attached hydrogen (secondary N) is 1. The maximum absolute atomic E-state index is 17.1. The molecule has 5 heterocycles. The summed E-state index contributed by atoms with van der Waals surface area (Å²) >= 11 is 13.6. The molecule has 1 N–H and O–H groups in total. The number of aromatic nitrogens is 5. The summed E-state index contributed by atoms with van der Waals surface area (Å²) in [6.45, 7) is 5.22. The van der Waals surface area contributed by atoms with Gasteiger partial charge in [0, 0.05) is 51.6 Å². The zero-order valence-corrected chi connectivity index (χ0v) is 28.3. The fourth-order valence-corrected chi connectivity index (χ4v) is 7.81. The number of carbonyl (C=O) groups is 1. The van der Waals surface area contributed by atoms with Crippen LogP contribution in [0, 0.1) is 35.9 Å².